The van der Waals surface area contributed by atoms with Crippen LogP contribution < -0.4 is 78.3 Å². The molecule has 0 saturated carbocycles. The summed E-state index contributed by atoms with van der Waals surface area (Å²) in [7, 11) is -32.8. The number of fused-ring (bicyclic) bond motifs is 4. The summed E-state index contributed by atoms with van der Waals surface area (Å²) < 4.78 is 234. The van der Waals surface area contributed by atoms with Crippen molar-refractivity contribution in [3.63, 3.8) is 0 Å². The van der Waals surface area contributed by atoms with Crippen LogP contribution in [-0.2, 0) is 102 Å². The minimum Gasteiger partial charge on any atom is -0.382 e. The van der Waals surface area contributed by atoms with Crippen molar-refractivity contribution in [3.8, 4) is 23.0 Å². The second kappa shape index (κ2) is 44.8. The smallest absolute Gasteiger partial charge is 0.357 e. The lowest BCUT2D eigenvalue weighted by Gasteiger charge is -2.09. The first-order valence-corrected chi connectivity index (χ1v) is 59.7. The van der Waals surface area contributed by atoms with Crippen molar-refractivity contribution >= 4 is 275 Å². The van der Waals surface area contributed by atoms with Gasteiger partial charge in [-0.3, -0.25) is 55.5 Å². The summed E-state index contributed by atoms with van der Waals surface area (Å²) in [5.74, 6) is -0.361. The molecule has 0 unspecified atom stereocenters. The van der Waals surface area contributed by atoms with Gasteiger partial charge in [-0.15, -0.1) is 0 Å². The van der Waals surface area contributed by atoms with Crippen LogP contribution in [0.15, 0.2) is 296 Å². The number of hydrogen-bond donors (Lipinski definition) is 0. The zero-order chi connectivity index (χ0) is 97.8. The summed E-state index contributed by atoms with van der Waals surface area (Å²) >= 11 is 27.9. The summed E-state index contributed by atoms with van der Waals surface area (Å²) in [6.07, 6.45) is 0. The van der Waals surface area contributed by atoms with Gasteiger partial charge in [-0.2, -0.15) is 67.3 Å². The third kappa shape index (κ3) is 26.6. The Hall–Kier alpha value is -8.70. The van der Waals surface area contributed by atoms with Crippen LogP contribution in [0.1, 0.15) is 22.3 Å². The number of hydrogen-bond acceptors (Lipinski definition) is 34. The maximum absolute atomic E-state index is 12.9. The fourth-order valence-corrected chi connectivity index (χ4v) is 25.4. The molecule has 0 amide bonds. The van der Waals surface area contributed by atoms with Crippen LogP contribution in [0.2, 0.25) is 0 Å². The average Bonchev–Trinajstić information content (AvgIpc) is 1.58. The fraction of sp³-hybridized carbons (Fsp3) is 0.150. The van der Waals surface area contributed by atoms with Crippen molar-refractivity contribution in [2.75, 3.05) is 44.3 Å². The van der Waals surface area contributed by atoms with Gasteiger partial charge in [-0.05, 0) is 192 Å². The Labute approximate surface area is 837 Å². The zero-order valence-corrected chi connectivity index (χ0v) is 88.1. The number of aromatic nitrogens is 4. The molecule has 14 aromatic rings. The fourth-order valence-electron chi connectivity index (χ4n) is 11.3. The van der Waals surface area contributed by atoms with Gasteiger partial charge >= 0.3 is 80.9 Å². The molecule has 0 radical (unpaired) electrons. The van der Waals surface area contributed by atoms with E-state index in [1.807, 2.05) is 0 Å². The lowest BCUT2D eigenvalue weighted by molar-refractivity contribution is 0.262. The minimum atomic E-state index is -4.61. The Morgan fingerprint density at radius 2 is 0.396 bits per heavy atom. The maximum atomic E-state index is 12.9. The topological polar surface area (TPSA) is 503 Å². The highest BCUT2D eigenvalue weighted by molar-refractivity contribution is 9.10. The van der Waals surface area contributed by atoms with E-state index < -0.39 is 158 Å². The van der Waals surface area contributed by atoms with Gasteiger partial charge < -0.3 is 16.7 Å². The molecule has 0 fully saturated rings. The lowest BCUT2D eigenvalue weighted by atomic mass is 10.1. The molecule has 14 rings (SSSR count). The van der Waals surface area contributed by atoms with Crippen molar-refractivity contribution in [2.24, 2.45) is 0 Å². The van der Waals surface area contributed by atoms with Crippen LogP contribution in [-0.4, -0.2) is 131 Å². The van der Waals surface area contributed by atoms with E-state index in [0.29, 0.717) is 32.0 Å². The Morgan fingerprint density at radius 3 is 0.590 bits per heavy atom. The highest BCUT2D eigenvalue weighted by Crippen LogP contribution is 2.34. The summed E-state index contributed by atoms with van der Waals surface area (Å²) in [4.78, 5) is 104. The molecule has 0 atom stereocenters. The van der Waals surface area contributed by atoms with E-state index >= 15 is 0 Å². The summed E-state index contributed by atoms with van der Waals surface area (Å²) in [6, 6.07) is 54.0. The van der Waals surface area contributed by atoms with Crippen molar-refractivity contribution in [2.45, 2.75) is 60.5 Å². The minimum absolute atomic E-state index is 0.0103. The Balaban J connectivity index is 0.000000174. The monoisotopic (exact) mass is 2540 g/mol. The van der Waals surface area contributed by atoms with Crippen molar-refractivity contribution in [1.29, 1.82) is 0 Å². The number of alkyl halides is 8. The van der Waals surface area contributed by atoms with Crippen LogP contribution in [0.3, 0.4) is 0 Å². The lowest BCUT2D eigenvalue weighted by Crippen LogP contribution is -2.37. The van der Waals surface area contributed by atoms with Gasteiger partial charge in [-0.25, -0.2) is 0 Å². The second-order valence-electron chi connectivity index (χ2n) is 27.0. The normalized spacial score (nSPS) is 12.1. The highest BCUT2D eigenvalue weighted by atomic mass is 79.9. The molecular weight excluding hydrogens is 2490 g/mol. The van der Waals surface area contributed by atoms with E-state index in [0.717, 1.165) is 66.1 Å². The van der Waals surface area contributed by atoms with Crippen molar-refractivity contribution in [1.82, 2.24) is 18.9 Å². The molecule has 0 spiro atoms. The predicted octanol–water partition coefficient (Wildman–Crippen LogP) is 10.8. The molecule has 54 heteroatoms. The molecule has 0 aliphatic rings. The quantitative estimate of drug-likeness (QED) is 0.0260. The van der Waals surface area contributed by atoms with Crippen LogP contribution in [0.5, 0.6) is 23.0 Å². The third-order valence-electron chi connectivity index (χ3n) is 17.8. The van der Waals surface area contributed by atoms with E-state index in [-0.39, 0.29) is 105 Å². The summed E-state index contributed by atoms with van der Waals surface area (Å²) in [6.45, 7) is 0. The van der Waals surface area contributed by atoms with E-state index in [4.69, 9.17) is 25.3 Å². The first-order chi connectivity index (χ1) is 63.2. The molecule has 4 aromatic heterocycles. The molecule has 10 aromatic carbocycles. The molecule has 0 bridgehead atoms. The van der Waals surface area contributed by atoms with Gasteiger partial charge in [0.15, 0.2) is 0 Å². The zero-order valence-electron chi connectivity index (χ0n) is 67.2. The van der Waals surface area contributed by atoms with E-state index in [2.05, 4.69) is 136 Å². The second-order valence-corrected chi connectivity index (χ2v) is 47.5. The van der Waals surface area contributed by atoms with E-state index in [9.17, 15) is 106 Å². The first kappa shape index (κ1) is 106. The van der Waals surface area contributed by atoms with Gasteiger partial charge in [0, 0.05) is 62.2 Å². The van der Waals surface area contributed by atoms with Gasteiger partial charge in [0.25, 0.3) is 44.5 Å². The van der Waals surface area contributed by atoms with Gasteiger partial charge in [-0.1, -0.05) is 218 Å². The van der Waals surface area contributed by atoms with Gasteiger partial charge in [0.2, 0.25) is 0 Å². The number of halogens is 8. The molecule has 4 heterocycles. The highest BCUT2D eigenvalue weighted by Gasteiger charge is 2.31. The number of rotatable bonds is 36. The standard InChI is InChI=1S/C26H20Br2O6S3.C24H14Br2N2O10S2.C16H16Br2O6S3.C14H10Br2N2O10S2/c27-17-19-1-13-25(14-2-19)36(29,30)33-21-5-9-23(10-6-21)35-24-11-7-22(8-12-24)34-37(31,32)26-15-3-20(18-28)4-16-26;25-11-13-1-5-15(6-2-13)39(33,34)37-27-21(29)17-9-19-20(10-18(17)22(27)30)24(32)28(23(19)31)38-40(35,36)16-7-3-14(12-26)4-8-16;17-9-11-26(19,20)23-13-1-5-15(6-2-13)25-16-7-3-14(4-8-16)24-27(21,22)12-10-18;15-1-3-29(23,24)27-17-11(19)7-5-9-10(6-8(7)12(17)20)14(22)18(13(9)21)28-30(25,26)4-2-16/h1-16H,17-18H2;1-10H,11-12H2;1-8H,9-12H2;5-6H,1-4H2. The molecule has 134 heavy (non-hydrogen) atoms. The van der Waals surface area contributed by atoms with Crippen LogP contribution in [0, 0.1) is 0 Å². The van der Waals surface area contributed by atoms with Gasteiger partial charge in [0.1, 0.15) is 42.6 Å². The molecule has 0 aliphatic carbocycles. The molecule has 0 aliphatic heterocycles. The molecule has 0 saturated heterocycles. The number of benzene rings is 10. The maximum Gasteiger partial charge on any atom is 0.357 e. The molecule has 708 valence electrons. The van der Waals surface area contributed by atoms with Crippen LogP contribution in [0.4, 0.5) is 0 Å². The SMILES string of the molecule is O=S(=O)(CCBr)Oc1ccc(Sc2ccc(OS(=O)(=O)CCBr)cc2)cc1.O=S(=O)(Oc1ccc(Sc2ccc(OS(=O)(=O)c3ccc(CBr)cc3)cc2)cc1)c1ccc(CBr)cc1.O=c1c2cc3c(=O)n(OS(=O)(=O)CCBr)c(=O)c3cc2c(=O)n1OS(=O)(=O)CCBr.O=c1c2cc3c(=O)n(OS(=O)(=O)c4ccc(CBr)cc4)c(=O)c3cc2c(=O)n1OS(=O)(=O)c1ccc(CBr)cc1. The van der Waals surface area contributed by atoms with Crippen molar-refractivity contribution < 1.29 is 101 Å². The Bertz CT molecular complexity index is 7580. The van der Waals surface area contributed by atoms with E-state index in [1.54, 1.807) is 121 Å². The molecule has 36 nitrogen and oxygen atoms in total. The van der Waals surface area contributed by atoms with Crippen LogP contribution in [0.25, 0.3) is 43.1 Å². The van der Waals surface area contributed by atoms with Gasteiger partial charge in [0.05, 0.1) is 66.1 Å². The van der Waals surface area contributed by atoms with Crippen LogP contribution >= 0.6 is 151 Å². The average molecular weight is 2550 g/mol. The van der Waals surface area contributed by atoms with E-state index in [1.165, 1.54) is 96.3 Å². The first-order valence-electron chi connectivity index (χ1n) is 37.2. The number of nitrogens with zero attached hydrogens (tertiary/aromatic N) is 4. The summed E-state index contributed by atoms with van der Waals surface area (Å²) in [5, 5.41) is -0.474. The third-order valence-corrected chi connectivity index (χ3v) is 35.4. The largest absolute Gasteiger partial charge is 0.382 e. The predicted molar refractivity (Wildman–Crippen MR) is 528 cm³/mol. The summed E-state index contributed by atoms with van der Waals surface area (Å²) in [5.41, 5.74) is -6.03. The molecular formula is C80H60Br8N4O32S10. The Kier molecular flexibility index (Phi) is 35.4. The van der Waals surface area contributed by atoms with Crippen molar-refractivity contribution in [3.05, 3.63) is 323 Å². The Morgan fingerprint density at radius 1 is 0.216 bits per heavy atom. The molecule has 0 N–H and O–H groups in total.